The van der Waals surface area contributed by atoms with E-state index in [2.05, 4.69) is 10.4 Å². The normalized spacial score (nSPS) is 13.8. The van der Waals surface area contributed by atoms with Gasteiger partial charge in [-0.2, -0.15) is 0 Å². The SMILES string of the molecule is COC(C)(C)C(Cc1ccnc(N)c1)NN. The lowest BCUT2D eigenvalue weighted by Gasteiger charge is -2.32. The van der Waals surface area contributed by atoms with Crippen molar-refractivity contribution in [1.29, 1.82) is 0 Å². The highest BCUT2D eigenvalue weighted by molar-refractivity contribution is 5.32. The number of pyridine rings is 1. The maximum Gasteiger partial charge on any atom is 0.123 e. The van der Waals surface area contributed by atoms with E-state index in [0.29, 0.717) is 5.82 Å². The van der Waals surface area contributed by atoms with Crippen LogP contribution in [0.15, 0.2) is 18.3 Å². The number of nitrogen functional groups attached to an aromatic ring is 1. The number of ether oxygens (including phenoxy) is 1. The summed E-state index contributed by atoms with van der Waals surface area (Å²) in [5.74, 6) is 6.06. The van der Waals surface area contributed by atoms with Gasteiger partial charge in [0.1, 0.15) is 5.82 Å². The van der Waals surface area contributed by atoms with Gasteiger partial charge in [0.15, 0.2) is 0 Å². The van der Waals surface area contributed by atoms with Gasteiger partial charge in [-0.05, 0) is 38.0 Å². The highest BCUT2D eigenvalue weighted by Crippen LogP contribution is 2.17. The second-order valence-corrected chi connectivity index (χ2v) is 4.32. The Hall–Kier alpha value is -1.17. The van der Waals surface area contributed by atoms with E-state index >= 15 is 0 Å². The van der Waals surface area contributed by atoms with E-state index in [1.807, 2.05) is 26.0 Å². The van der Waals surface area contributed by atoms with Gasteiger partial charge in [-0.1, -0.05) is 0 Å². The fourth-order valence-corrected chi connectivity index (χ4v) is 1.50. The lowest BCUT2D eigenvalue weighted by atomic mass is 9.93. The maximum absolute atomic E-state index is 5.62. The van der Waals surface area contributed by atoms with Crippen LogP contribution >= 0.6 is 0 Å². The quantitative estimate of drug-likeness (QED) is 0.500. The van der Waals surface area contributed by atoms with Crippen LogP contribution < -0.4 is 17.0 Å². The van der Waals surface area contributed by atoms with Crippen molar-refractivity contribution in [2.75, 3.05) is 12.8 Å². The first-order valence-electron chi connectivity index (χ1n) is 5.21. The summed E-state index contributed by atoms with van der Waals surface area (Å²) in [6, 6.07) is 3.78. The smallest absolute Gasteiger partial charge is 0.123 e. The molecule has 0 saturated heterocycles. The standard InChI is InChI=1S/C11H20N4O/c1-11(2,16-3)9(15-13)6-8-4-5-14-10(12)7-8/h4-5,7,9,15H,6,13H2,1-3H3,(H2,12,14). The molecule has 0 spiro atoms. The Morgan fingerprint density at radius 1 is 1.56 bits per heavy atom. The second-order valence-electron chi connectivity index (χ2n) is 4.32. The van der Waals surface area contributed by atoms with E-state index in [1.165, 1.54) is 0 Å². The van der Waals surface area contributed by atoms with Gasteiger partial charge in [-0.25, -0.2) is 4.98 Å². The van der Waals surface area contributed by atoms with Crippen LogP contribution in [-0.2, 0) is 11.2 Å². The zero-order chi connectivity index (χ0) is 12.2. The molecule has 0 aliphatic heterocycles. The van der Waals surface area contributed by atoms with E-state index in [1.54, 1.807) is 13.3 Å². The topological polar surface area (TPSA) is 86.2 Å². The first kappa shape index (κ1) is 12.9. The van der Waals surface area contributed by atoms with Crippen LogP contribution in [0.2, 0.25) is 0 Å². The van der Waals surface area contributed by atoms with Gasteiger partial charge < -0.3 is 10.5 Å². The molecule has 1 unspecified atom stereocenters. The molecule has 1 aromatic heterocycles. The van der Waals surface area contributed by atoms with Crippen molar-refractivity contribution < 1.29 is 4.74 Å². The van der Waals surface area contributed by atoms with Crippen molar-refractivity contribution in [2.24, 2.45) is 5.84 Å². The number of nitrogens with zero attached hydrogens (tertiary/aromatic N) is 1. The molecule has 1 aromatic rings. The minimum Gasteiger partial charge on any atom is -0.384 e. The van der Waals surface area contributed by atoms with Gasteiger partial charge in [0, 0.05) is 13.3 Å². The summed E-state index contributed by atoms with van der Waals surface area (Å²) < 4.78 is 5.40. The van der Waals surface area contributed by atoms with Crippen LogP contribution in [-0.4, -0.2) is 23.7 Å². The average molecular weight is 224 g/mol. The molecule has 1 heterocycles. The number of hydrogen-bond donors (Lipinski definition) is 3. The highest BCUT2D eigenvalue weighted by Gasteiger charge is 2.28. The third kappa shape index (κ3) is 3.16. The molecule has 0 aromatic carbocycles. The zero-order valence-electron chi connectivity index (χ0n) is 10.0. The van der Waals surface area contributed by atoms with Crippen molar-refractivity contribution in [3.63, 3.8) is 0 Å². The molecule has 0 saturated carbocycles. The van der Waals surface area contributed by atoms with Gasteiger partial charge in [0.05, 0.1) is 11.6 Å². The van der Waals surface area contributed by atoms with Crippen molar-refractivity contribution in [3.05, 3.63) is 23.9 Å². The summed E-state index contributed by atoms with van der Waals surface area (Å²) in [6.07, 6.45) is 2.43. The minimum absolute atomic E-state index is 0.0132. The second kappa shape index (κ2) is 5.25. The van der Waals surface area contributed by atoms with E-state index in [0.717, 1.165) is 12.0 Å². The lowest BCUT2D eigenvalue weighted by Crippen LogP contribution is -2.52. The largest absolute Gasteiger partial charge is 0.384 e. The Morgan fingerprint density at radius 3 is 2.75 bits per heavy atom. The summed E-state index contributed by atoms with van der Waals surface area (Å²) >= 11 is 0. The molecule has 0 fully saturated rings. The van der Waals surface area contributed by atoms with Crippen LogP contribution in [0.25, 0.3) is 0 Å². The monoisotopic (exact) mass is 224 g/mol. The molecule has 16 heavy (non-hydrogen) atoms. The van der Waals surface area contributed by atoms with Gasteiger partial charge in [-0.3, -0.25) is 11.3 Å². The number of nitrogens with two attached hydrogens (primary N) is 2. The first-order chi connectivity index (χ1) is 7.49. The molecule has 5 heteroatoms. The van der Waals surface area contributed by atoms with E-state index in [-0.39, 0.29) is 11.6 Å². The zero-order valence-corrected chi connectivity index (χ0v) is 10.0. The number of methoxy groups -OCH3 is 1. The Morgan fingerprint density at radius 2 is 2.25 bits per heavy atom. The first-order valence-corrected chi connectivity index (χ1v) is 5.21. The molecule has 0 aliphatic carbocycles. The molecule has 1 rings (SSSR count). The van der Waals surface area contributed by atoms with Crippen LogP contribution in [0.1, 0.15) is 19.4 Å². The van der Waals surface area contributed by atoms with E-state index in [9.17, 15) is 0 Å². The molecule has 0 bridgehead atoms. The van der Waals surface area contributed by atoms with E-state index < -0.39 is 0 Å². The average Bonchev–Trinajstić information content (AvgIpc) is 2.25. The number of anilines is 1. The van der Waals surface area contributed by atoms with Crippen LogP contribution in [0.5, 0.6) is 0 Å². The van der Waals surface area contributed by atoms with Gasteiger partial charge in [0.2, 0.25) is 0 Å². The number of aromatic nitrogens is 1. The van der Waals surface area contributed by atoms with E-state index in [4.69, 9.17) is 16.3 Å². The molecular weight excluding hydrogens is 204 g/mol. The van der Waals surface area contributed by atoms with Crippen molar-refractivity contribution in [2.45, 2.75) is 31.9 Å². The Bertz CT molecular complexity index is 341. The Kier molecular flexibility index (Phi) is 4.23. The van der Waals surface area contributed by atoms with Gasteiger partial charge in [-0.15, -0.1) is 0 Å². The fourth-order valence-electron chi connectivity index (χ4n) is 1.50. The van der Waals surface area contributed by atoms with Gasteiger partial charge >= 0.3 is 0 Å². The number of hydrazine groups is 1. The molecule has 0 radical (unpaired) electrons. The number of nitrogens with one attached hydrogen (secondary N) is 1. The lowest BCUT2D eigenvalue weighted by molar-refractivity contribution is -0.0101. The maximum atomic E-state index is 5.62. The summed E-state index contributed by atoms with van der Waals surface area (Å²) in [4.78, 5) is 3.95. The number of hydrogen-bond acceptors (Lipinski definition) is 5. The fraction of sp³-hybridized carbons (Fsp3) is 0.545. The summed E-state index contributed by atoms with van der Waals surface area (Å²) in [6.45, 7) is 3.98. The van der Waals surface area contributed by atoms with Crippen molar-refractivity contribution in [1.82, 2.24) is 10.4 Å². The Balaban J connectivity index is 2.78. The van der Waals surface area contributed by atoms with Crippen molar-refractivity contribution >= 4 is 5.82 Å². The van der Waals surface area contributed by atoms with Crippen molar-refractivity contribution in [3.8, 4) is 0 Å². The molecule has 1 atom stereocenters. The summed E-state index contributed by atoms with van der Waals surface area (Å²) in [7, 11) is 1.67. The van der Waals surface area contributed by atoms with Gasteiger partial charge in [0.25, 0.3) is 0 Å². The Labute approximate surface area is 96.2 Å². The molecule has 90 valence electrons. The van der Waals surface area contributed by atoms with Crippen LogP contribution in [0.4, 0.5) is 5.82 Å². The molecule has 0 aliphatic rings. The van der Waals surface area contributed by atoms with Crippen LogP contribution in [0, 0.1) is 0 Å². The highest BCUT2D eigenvalue weighted by atomic mass is 16.5. The third-order valence-corrected chi connectivity index (χ3v) is 2.85. The predicted octanol–water partition coefficient (Wildman–Crippen LogP) is 0.463. The summed E-state index contributed by atoms with van der Waals surface area (Å²) in [5.41, 5.74) is 9.14. The number of rotatable bonds is 5. The summed E-state index contributed by atoms with van der Waals surface area (Å²) in [5, 5.41) is 0. The predicted molar refractivity (Wildman–Crippen MR) is 64.6 cm³/mol. The molecular formula is C11H20N4O. The minimum atomic E-state index is -0.340. The van der Waals surface area contributed by atoms with Crippen LogP contribution in [0.3, 0.4) is 0 Å². The molecule has 5 nitrogen and oxygen atoms in total. The molecule has 0 amide bonds. The third-order valence-electron chi connectivity index (χ3n) is 2.85. The molecule has 5 N–H and O–H groups in total.